The van der Waals surface area contributed by atoms with Crippen molar-refractivity contribution in [3.05, 3.63) is 108 Å². The van der Waals surface area contributed by atoms with E-state index in [0.717, 1.165) is 5.56 Å². The minimum Gasteiger partial charge on any atom is -0.489 e. The van der Waals surface area contributed by atoms with E-state index in [1.165, 1.54) is 6.08 Å². The Balaban J connectivity index is 1.67. The third-order valence-electron chi connectivity index (χ3n) is 4.45. The minimum absolute atomic E-state index is 0.222. The van der Waals surface area contributed by atoms with Gasteiger partial charge >= 0.3 is 0 Å². The van der Waals surface area contributed by atoms with Gasteiger partial charge in [-0.15, -0.1) is 0 Å². The molecule has 0 radical (unpaired) electrons. The summed E-state index contributed by atoms with van der Waals surface area (Å²) in [4.78, 5) is 24.2. The smallest absolute Gasteiger partial charge is 0.256 e. The molecule has 154 valence electrons. The quantitative estimate of drug-likeness (QED) is 0.544. The molecule has 0 heterocycles. The van der Waals surface area contributed by atoms with Gasteiger partial charge < -0.3 is 15.4 Å². The zero-order valence-electron chi connectivity index (χ0n) is 16.8. The third kappa shape index (κ3) is 6.05. The van der Waals surface area contributed by atoms with Crippen molar-refractivity contribution < 1.29 is 14.3 Å². The fourth-order valence-electron chi connectivity index (χ4n) is 2.91. The molecule has 3 rings (SSSR count). The molecule has 0 aliphatic heterocycles. The first-order valence-corrected chi connectivity index (χ1v) is 9.60. The van der Waals surface area contributed by atoms with Crippen molar-refractivity contribution in [1.29, 1.82) is 5.26 Å². The summed E-state index contributed by atoms with van der Waals surface area (Å²) in [5, 5.41) is 14.5. The fraction of sp³-hybridized carbons (Fsp3) is 0.0800. The molecule has 31 heavy (non-hydrogen) atoms. The first kappa shape index (κ1) is 21.3. The van der Waals surface area contributed by atoms with E-state index in [2.05, 4.69) is 23.3 Å². The highest BCUT2D eigenvalue weighted by molar-refractivity contribution is 6.05. The van der Waals surface area contributed by atoms with Crippen LogP contribution in [-0.2, 0) is 17.9 Å². The van der Waals surface area contributed by atoms with Crippen molar-refractivity contribution in [2.75, 3.05) is 5.32 Å². The number of hydrogen-bond donors (Lipinski definition) is 2. The molecule has 0 saturated heterocycles. The van der Waals surface area contributed by atoms with Gasteiger partial charge in [0.2, 0.25) is 5.91 Å². The van der Waals surface area contributed by atoms with Crippen LogP contribution in [0.2, 0.25) is 0 Å². The summed E-state index contributed by atoms with van der Waals surface area (Å²) >= 11 is 0. The lowest BCUT2D eigenvalue weighted by Crippen LogP contribution is -2.22. The molecule has 0 spiro atoms. The molecule has 0 saturated carbocycles. The monoisotopic (exact) mass is 411 g/mol. The number of nitrogens with zero attached hydrogens (tertiary/aromatic N) is 1. The lowest BCUT2D eigenvalue weighted by Gasteiger charge is -2.12. The van der Waals surface area contributed by atoms with Crippen LogP contribution in [0.3, 0.4) is 0 Å². The van der Waals surface area contributed by atoms with Gasteiger partial charge in [-0.05, 0) is 47.5 Å². The molecule has 0 aliphatic rings. The maximum absolute atomic E-state index is 12.8. The number of ether oxygens (including phenoxy) is 1. The Labute approximate surface area is 180 Å². The number of nitrogens with one attached hydrogen (secondary N) is 2. The van der Waals surface area contributed by atoms with E-state index in [9.17, 15) is 9.59 Å². The second-order valence-electron chi connectivity index (χ2n) is 6.66. The van der Waals surface area contributed by atoms with Crippen molar-refractivity contribution >= 4 is 17.5 Å². The number of benzene rings is 3. The second kappa shape index (κ2) is 10.4. The molecule has 3 aromatic rings. The molecule has 0 fully saturated rings. The Morgan fingerprint density at radius 3 is 2.65 bits per heavy atom. The number of anilines is 1. The average molecular weight is 411 g/mol. The number of amides is 2. The Morgan fingerprint density at radius 1 is 1.03 bits per heavy atom. The summed E-state index contributed by atoms with van der Waals surface area (Å²) < 4.78 is 5.80. The van der Waals surface area contributed by atoms with Crippen LogP contribution in [0.1, 0.15) is 27.0 Å². The summed E-state index contributed by atoms with van der Waals surface area (Å²) in [6, 6.07) is 23.4. The molecule has 2 N–H and O–H groups in total. The Morgan fingerprint density at radius 2 is 1.84 bits per heavy atom. The van der Waals surface area contributed by atoms with E-state index in [1.54, 1.807) is 54.6 Å². The van der Waals surface area contributed by atoms with E-state index in [1.807, 2.05) is 18.2 Å². The van der Waals surface area contributed by atoms with Crippen LogP contribution in [-0.4, -0.2) is 11.8 Å². The minimum atomic E-state index is -0.305. The Kier molecular flexibility index (Phi) is 7.17. The van der Waals surface area contributed by atoms with Crippen LogP contribution in [0.15, 0.2) is 85.5 Å². The van der Waals surface area contributed by atoms with E-state index >= 15 is 0 Å². The van der Waals surface area contributed by atoms with Crippen LogP contribution < -0.4 is 15.4 Å². The molecule has 3 aromatic carbocycles. The van der Waals surface area contributed by atoms with Gasteiger partial charge in [0.05, 0.1) is 11.6 Å². The highest BCUT2D eigenvalue weighted by Crippen LogP contribution is 2.20. The maximum atomic E-state index is 12.8. The first-order chi connectivity index (χ1) is 15.1. The van der Waals surface area contributed by atoms with Crippen LogP contribution in [0.25, 0.3) is 0 Å². The molecule has 0 aliphatic carbocycles. The number of hydrogen-bond acceptors (Lipinski definition) is 4. The predicted molar refractivity (Wildman–Crippen MR) is 118 cm³/mol. The van der Waals surface area contributed by atoms with Gasteiger partial charge in [0, 0.05) is 23.9 Å². The van der Waals surface area contributed by atoms with Crippen molar-refractivity contribution in [3.8, 4) is 11.8 Å². The summed E-state index contributed by atoms with van der Waals surface area (Å²) in [7, 11) is 0. The van der Waals surface area contributed by atoms with Gasteiger partial charge in [-0.2, -0.15) is 5.26 Å². The zero-order valence-corrected chi connectivity index (χ0v) is 16.8. The normalized spacial score (nSPS) is 9.90. The zero-order chi connectivity index (χ0) is 22.1. The van der Waals surface area contributed by atoms with Gasteiger partial charge in [-0.25, -0.2) is 0 Å². The van der Waals surface area contributed by atoms with Crippen molar-refractivity contribution in [1.82, 2.24) is 5.32 Å². The van der Waals surface area contributed by atoms with Gasteiger partial charge in [-0.1, -0.05) is 43.0 Å². The molecule has 6 nitrogen and oxygen atoms in total. The lowest BCUT2D eigenvalue weighted by molar-refractivity contribution is -0.116. The average Bonchev–Trinajstić information content (AvgIpc) is 2.81. The maximum Gasteiger partial charge on any atom is 0.256 e. The van der Waals surface area contributed by atoms with Crippen molar-refractivity contribution in [2.24, 2.45) is 0 Å². The number of rotatable bonds is 8. The van der Waals surface area contributed by atoms with E-state index in [0.29, 0.717) is 34.7 Å². The Hall–Kier alpha value is -4.37. The van der Waals surface area contributed by atoms with E-state index in [-0.39, 0.29) is 18.4 Å². The molecule has 6 heteroatoms. The largest absolute Gasteiger partial charge is 0.489 e. The SMILES string of the molecule is C=CC(=O)NCc1ccccc1C(=O)Nc1cccc(OCc2cccc(C#N)c2)c1. The number of carbonyl (C=O) groups excluding carboxylic acids is 2. The van der Waals surface area contributed by atoms with Crippen LogP contribution in [0, 0.1) is 11.3 Å². The standard InChI is InChI=1S/C25H21N3O3/c1-2-24(29)27-16-20-9-3-4-12-23(20)25(30)28-21-10-6-11-22(14-21)31-17-19-8-5-7-18(13-19)15-26/h2-14H,1,16-17H2,(H,27,29)(H,28,30). The predicted octanol–water partition coefficient (Wildman–Crippen LogP) is 4.19. The summed E-state index contributed by atoms with van der Waals surface area (Å²) in [6.07, 6.45) is 1.19. The Bertz CT molecular complexity index is 1150. The molecule has 0 bridgehead atoms. The number of nitriles is 1. The van der Waals surface area contributed by atoms with Gasteiger partial charge in [-0.3, -0.25) is 9.59 Å². The molecular weight excluding hydrogens is 390 g/mol. The van der Waals surface area contributed by atoms with Crippen LogP contribution in [0.4, 0.5) is 5.69 Å². The summed E-state index contributed by atoms with van der Waals surface area (Å²) in [5.41, 5.74) is 3.19. The van der Waals surface area contributed by atoms with E-state index < -0.39 is 0 Å². The fourth-order valence-corrected chi connectivity index (χ4v) is 2.91. The van der Waals surface area contributed by atoms with Crippen LogP contribution >= 0.6 is 0 Å². The summed E-state index contributed by atoms with van der Waals surface area (Å²) in [5.74, 6) is -0.00520. The van der Waals surface area contributed by atoms with Crippen molar-refractivity contribution in [3.63, 3.8) is 0 Å². The highest BCUT2D eigenvalue weighted by atomic mass is 16.5. The number of carbonyl (C=O) groups is 2. The van der Waals surface area contributed by atoms with Crippen LogP contribution in [0.5, 0.6) is 5.75 Å². The lowest BCUT2D eigenvalue weighted by atomic mass is 10.1. The summed E-state index contributed by atoms with van der Waals surface area (Å²) in [6.45, 7) is 3.95. The molecule has 2 amide bonds. The third-order valence-corrected chi connectivity index (χ3v) is 4.45. The first-order valence-electron chi connectivity index (χ1n) is 9.60. The topological polar surface area (TPSA) is 91.2 Å². The molecule has 0 atom stereocenters. The molecular formula is C25H21N3O3. The van der Waals surface area contributed by atoms with E-state index in [4.69, 9.17) is 10.00 Å². The highest BCUT2D eigenvalue weighted by Gasteiger charge is 2.12. The van der Waals surface area contributed by atoms with Gasteiger partial charge in [0.1, 0.15) is 12.4 Å². The second-order valence-corrected chi connectivity index (χ2v) is 6.66. The van der Waals surface area contributed by atoms with Gasteiger partial charge in [0.15, 0.2) is 0 Å². The van der Waals surface area contributed by atoms with Crippen molar-refractivity contribution in [2.45, 2.75) is 13.2 Å². The van der Waals surface area contributed by atoms with Gasteiger partial charge in [0.25, 0.3) is 5.91 Å². The molecule has 0 aromatic heterocycles. The molecule has 0 unspecified atom stereocenters.